The smallest absolute Gasteiger partial charge is 0.101 e. The van der Waals surface area contributed by atoms with Crippen molar-refractivity contribution in [1.29, 1.82) is 10.5 Å². The molecule has 0 bridgehead atoms. The maximum atomic E-state index is 8.88. The van der Waals surface area contributed by atoms with E-state index in [1.54, 1.807) is 6.20 Å². The van der Waals surface area contributed by atoms with Gasteiger partial charge in [-0.25, -0.2) is 0 Å². The molecule has 0 aliphatic rings. The van der Waals surface area contributed by atoms with Crippen molar-refractivity contribution in [1.82, 2.24) is 34.9 Å². The van der Waals surface area contributed by atoms with Crippen LogP contribution in [0.15, 0.2) is 201 Å². The predicted octanol–water partition coefficient (Wildman–Crippen LogP) is 24.3. The van der Waals surface area contributed by atoms with E-state index in [1.807, 2.05) is 43.1 Å². The second-order valence-corrected chi connectivity index (χ2v) is 32.2. The molecule has 14 aromatic rings. The Morgan fingerprint density at radius 3 is 1.22 bits per heavy atom. The predicted molar refractivity (Wildman–Crippen MR) is 419 cm³/mol. The van der Waals surface area contributed by atoms with Crippen molar-refractivity contribution in [3.63, 3.8) is 0 Å². The Morgan fingerprint density at radius 2 is 0.786 bits per heavy atom. The second kappa shape index (κ2) is 29.3. The van der Waals surface area contributed by atoms with E-state index in [0.717, 1.165) is 33.8 Å². The average molecular weight is 1300 g/mol. The van der Waals surface area contributed by atoms with Gasteiger partial charge >= 0.3 is 0 Å². The van der Waals surface area contributed by atoms with Crippen LogP contribution < -0.4 is 0 Å². The van der Waals surface area contributed by atoms with Gasteiger partial charge in [-0.2, -0.15) is 10.5 Å². The van der Waals surface area contributed by atoms with Crippen LogP contribution in [-0.4, -0.2) is 34.9 Å². The molecule has 14 rings (SSSR count). The third-order valence-electron chi connectivity index (χ3n) is 18.4. The average Bonchev–Trinajstić information content (AvgIpc) is 1.24. The molecule has 0 amide bonds. The molecule has 0 atom stereocenters. The summed E-state index contributed by atoms with van der Waals surface area (Å²) in [5, 5.41) is 25.0. The van der Waals surface area contributed by atoms with Crippen LogP contribution in [0, 0.1) is 29.6 Å². The van der Waals surface area contributed by atoms with Gasteiger partial charge in [0.25, 0.3) is 0 Å². The van der Waals surface area contributed by atoms with Gasteiger partial charge in [0, 0.05) is 110 Å². The molecule has 0 aliphatic heterocycles. The van der Waals surface area contributed by atoms with Crippen LogP contribution >= 0.6 is 0 Å². The molecule has 0 radical (unpaired) electrons. The van der Waals surface area contributed by atoms with Gasteiger partial charge in [-0.05, 0) is 190 Å². The zero-order valence-corrected chi connectivity index (χ0v) is 61.8. The van der Waals surface area contributed by atoms with Crippen molar-refractivity contribution in [2.75, 3.05) is 0 Å². The minimum atomic E-state index is 0.102. The normalized spacial score (nSPS) is 11.9. The zero-order valence-electron chi connectivity index (χ0n) is 61.8. The Kier molecular flexibility index (Phi) is 21.6. The summed E-state index contributed by atoms with van der Waals surface area (Å²) in [6.45, 7) is 44.5. The lowest BCUT2D eigenvalue weighted by molar-refractivity contribution is 0.591. The quantitative estimate of drug-likeness (QED) is 0.104. The first-order chi connectivity index (χ1) is 46.2. The van der Waals surface area contributed by atoms with E-state index < -0.39 is 0 Å². The van der Waals surface area contributed by atoms with Crippen LogP contribution in [0.1, 0.15) is 187 Å². The maximum Gasteiger partial charge on any atom is 0.101 e. The number of aromatic amines is 6. The number of benzene rings is 7. The highest BCUT2D eigenvalue weighted by Crippen LogP contribution is 2.38. The molecule has 0 unspecified atom stereocenters. The van der Waals surface area contributed by atoms with Crippen LogP contribution in [0.2, 0.25) is 0 Å². The summed E-state index contributed by atoms with van der Waals surface area (Å²) >= 11 is 0. The summed E-state index contributed by atoms with van der Waals surface area (Å²) < 4.78 is 0. The van der Waals surface area contributed by atoms with Crippen molar-refractivity contribution >= 4 is 65.4 Å². The molecular weight excluding hydrogens is 1200 g/mol. The fourth-order valence-electron chi connectivity index (χ4n) is 12.3. The SMILES string of the molecule is CC(C)(C)c1cc2[nH]ccc2cc1-c1ccccc1.CC(C)(C)c1cc2[nH]ccc2cc1-c1cccnc1.CC(C)(C)c1ccc2c(C#N)c[nH]c2c1.CC(C)(C)c1ccc2c(CC#N)c[nH]c2c1.CCc1c[nH]c2cc(C(C)(C)C)ccc12.Cc1c[nH]c2cc(C(C)(C)C)ccc12. The summed E-state index contributed by atoms with van der Waals surface area (Å²) in [5.74, 6) is 0. The van der Waals surface area contributed by atoms with Gasteiger partial charge in [0.2, 0.25) is 0 Å². The zero-order chi connectivity index (χ0) is 71.1. The highest BCUT2D eigenvalue weighted by Gasteiger charge is 2.23. The number of rotatable bonds is 4. The van der Waals surface area contributed by atoms with Gasteiger partial charge in [0.15, 0.2) is 0 Å². The summed E-state index contributed by atoms with van der Waals surface area (Å²) in [6, 6.07) is 58.6. The number of pyridine rings is 1. The molecule has 9 nitrogen and oxygen atoms in total. The molecular formula is C89H103N9. The van der Waals surface area contributed by atoms with Crippen molar-refractivity contribution in [3.8, 4) is 34.4 Å². The molecule has 7 aromatic carbocycles. The van der Waals surface area contributed by atoms with Gasteiger partial charge in [-0.1, -0.05) is 216 Å². The minimum absolute atomic E-state index is 0.102. The number of nitrogens with zero attached hydrogens (tertiary/aromatic N) is 3. The summed E-state index contributed by atoms with van der Waals surface area (Å²) in [5.41, 5.74) is 25.7. The van der Waals surface area contributed by atoms with E-state index in [4.69, 9.17) is 10.5 Å². The standard InChI is InChI=1S/C18H19N.C17H18N2.C14H16N2.C14H19N.C13H14N2.C13H17N/c1-18(2,3)16-12-17-14(9-10-19-17)11-15(16)13-7-5-4-6-8-13;1-17(2,3)15-10-16-12(6-8-19-16)9-14(15)13-5-4-7-18-11-13;1-14(2,3)11-4-5-12-10(6-7-15)9-16-13(12)8-11;1-5-10-9-15-13-8-11(14(2,3)4)6-7-12(10)13;1-13(2,3)10-4-5-11-9(7-14)8-15-12(11)6-10;1-9-8-14-12-7-10(13(2,3)4)5-6-11(9)12/h4-12,19H,1-3H3;4-11,19H,1-3H3;4-5,8-9,16H,6H2,1-3H3;6-9,15H,5H2,1-4H3;4-6,8,15H,1-3H3;5-8,14H,1-4H3. The topological polar surface area (TPSA) is 155 Å². The Balaban J connectivity index is 0.000000138. The second-order valence-electron chi connectivity index (χ2n) is 32.2. The maximum absolute atomic E-state index is 8.88. The van der Waals surface area contributed by atoms with Gasteiger partial charge in [-0.3, -0.25) is 4.98 Å². The first-order valence-corrected chi connectivity index (χ1v) is 34.5. The van der Waals surface area contributed by atoms with Crippen molar-refractivity contribution in [2.45, 2.75) is 184 Å². The molecule has 504 valence electrons. The van der Waals surface area contributed by atoms with Crippen molar-refractivity contribution < 1.29 is 0 Å². The Labute approximate surface area is 582 Å². The molecule has 7 heterocycles. The fourth-order valence-corrected chi connectivity index (χ4v) is 12.3. The number of aryl methyl sites for hydroxylation is 2. The third-order valence-corrected chi connectivity index (χ3v) is 18.4. The lowest BCUT2D eigenvalue weighted by Gasteiger charge is -2.23. The number of fused-ring (bicyclic) bond motifs is 6. The molecule has 0 aliphatic carbocycles. The highest BCUT2D eigenvalue weighted by molar-refractivity contribution is 5.90. The number of nitrogens with one attached hydrogen (secondary N) is 6. The van der Waals surface area contributed by atoms with E-state index in [-0.39, 0.29) is 32.5 Å². The summed E-state index contributed by atoms with van der Waals surface area (Å²) in [6.07, 6.45) is 17.2. The fraction of sp³-hybridized carbons (Fsp3) is 0.315. The van der Waals surface area contributed by atoms with E-state index in [2.05, 4.69) is 337 Å². The third kappa shape index (κ3) is 17.4. The minimum Gasteiger partial charge on any atom is -0.361 e. The van der Waals surface area contributed by atoms with E-state index in [1.165, 1.54) is 110 Å². The van der Waals surface area contributed by atoms with Gasteiger partial charge in [0.1, 0.15) is 6.07 Å². The van der Waals surface area contributed by atoms with Crippen LogP contribution in [-0.2, 0) is 45.3 Å². The van der Waals surface area contributed by atoms with Crippen LogP contribution in [0.5, 0.6) is 0 Å². The summed E-state index contributed by atoms with van der Waals surface area (Å²) in [7, 11) is 0. The van der Waals surface area contributed by atoms with Crippen LogP contribution in [0.4, 0.5) is 0 Å². The molecule has 98 heavy (non-hydrogen) atoms. The largest absolute Gasteiger partial charge is 0.361 e. The molecule has 0 saturated carbocycles. The lowest BCUT2D eigenvalue weighted by Crippen LogP contribution is -2.12. The molecule has 6 N–H and O–H groups in total. The van der Waals surface area contributed by atoms with E-state index in [0.29, 0.717) is 12.0 Å². The monoisotopic (exact) mass is 1300 g/mol. The van der Waals surface area contributed by atoms with Gasteiger partial charge in [-0.15, -0.1) is 0 Å². The first-order valence-electron chi connectivity index (χ1n) is 34.5. The van der Waals surface area contributed by atoms with E-state index >= 15 is 0 Å². The highest BCUT2D eigenvalue weighted by atomic mass is 14.7. The van der Waals surface area contributed by atoms with Crippen molar-refractivity contribution in [3.05, 3.63) is 257 Å². The number of hydrogen-bond donors (Lipinski definition) is 6. The summed E-state index contributed by atoms with van der Waals surface area (Å²) in [4.78, 5) is 23.9. The Morgan fingerprint density at radius 1 is 0.378 bits per heavy atom. The number of H-pyrrole nitrogens is 6. The molecule has 9 heteroatoms. The molecule has 0 saturated heterocycles. The molecule has 0 spiro atoms. The molecule has 7 aromatic heterocycles. The van der Waals surface area contributed by atoms with Crippen molar-refractivity contribution in [2.24, 2.45) is 0 Å². The van der Waals surface area contributed by atoms with Gasteiger partial charge in [0.05, 0.1) is 18.1 Å². The lowest BCUT2D eigenvalue weighted by atomic mass is 9.81. The Hall–Kier alpha value is -10.1. The van der Waals surface area contributed by atoms with Gasteiger partial charge < -0.3 is 29.9 Å². The van der Waals surface area contributed by atoms with Crippen LogP contribution in [0.3, 0.4) is 0 Å². The number of nitriles is 2. The first kappa shape index (κ1) is 72.2. The number of aromatic nitrogens is 7. The van der Waals surface area contributed by atoms with E-state index in [9.17, 15) is 0 Å². The Bertz CT molecular complexity index is 4940. The number of hydrogen-bond acceptors (Lipinski definition) is 3. The van der Waals surface area contributed by atoms with Crippen LogP contribution in [0.25, 0.3) is 87.7 Å². The molecule has 0 fully saturated rings.